The van der Waals surface area contributed by atoms with Gasteiger partial charge in [0.15, 0.2) is 0 Å². The first-order valence-electron chi connectivity index (χ1n) is 11.7. The lowest BCUT2D eigenvalue weighted by Crippen LogP contribution is -2.45. The minimum absolute atomic E-state index is 0.00168. The number of ether oxygens (including phenoxy) is 1. The van der Waals surface area contributed by atoms with E-state index < -0.39 is 0 Å². The van der Waals surface area contributed by atoms with Gasteiger partial charge in [-0.15, -0.1) is 11.3 Å². The van der Waals surface area contributed by atoms with Crippen molar-refractivity contribution in [3.63, 3.8) is 0 Å². The van der Waals surface area contributed by atoms with E-state index in [1.807, 2.05) is 12.3 Å². The van der Waals surface area contributed by atoms with Gasteiger partial charge in [-0.3, -0.25) is 14.5 Å². The minimum atomic E-state index is -0.387. The fourth-order valence-corrected chi connectivity index (χ4v) is 4.71. The van der Waals surface area contributed by atoms with Crippen molar-refractivity contribution in [3.05, 3.63) is 16.5 Å². The van der Waals surface area contributed by atoms with Gasteiger partial charge < -0.3 is 15.4 Å². The number of thiophene rings is 1. The van der Waals surface area contributed by atoms with Gasteiger partial charge in [0.25, 0.3) is 0 Å². The number of hydrogen-bond acceptors (Lipinski definition) is 6. The fraction of sp³-hybridized carbons (Fsp3) is 0.708. The first-order chi connectivity index (χ1) is 15.1. The number of likely N-dealkylation sites (tertiary alicyclic amines) is 1. The van der Waals surface area contributed by atoms with Crippen LogP contribution in [0.5, 0.6) is 0 Å². The monoisotopic (exact) mass is 465 g/mol. The van der Waals surface area contributed by atoms with E-state index in [9.17, 15) is 14.4 Å². The third kappa shape index (κ3) is 7.59. The third-order valence-electron chi connectivity index (χ3n) is 5.92. The van der Waals surface area contributed by atoms with Gasteiger partial charge in [-0.2, -0.15) is 0 Å². The molecular weight excluding hydrogens is 426 g/mol. The summed E-state index contributed by atoms with van der Waals surface area (Å²) >= 11 is 1.37. The van der Waals surface area contributed by atoms with E-state index in [4.69, 9.17) is 4.74 Å². The van der Waals surface area contributed by atoms with Gasteiger partial charge >= 0.3 is 5.97 Å². The molecule has 32 heavy (non-hydrogen) atoms. The predicted molar refractivity (Wildman–Crippen MR) is 129 cm³/mol. The summed E-state index contributed by atoms with van der Waals surface area (Å²) in [5.74, 6) is 0.378. The van der Waals surface area contributed by atoms with Crippen molar-refractivity contribution in [2.24, 2.45) is 17.8 Å². The molecule has 1 saturated heterocycles. The molecule has 1 atom stereocenters. The number of anilines is 1. The zero-order chi connectivity index (χ0) is 23.8. The Bertz CT molecular complexity index is 782. The van der Waals surface area contributed by atoms with Crippen LogP contribution in [0.4, 0.5) is 5.00 Å². The molecule has 8 heteroatoms. The molecule has 0 bridgehead atoms. The molecule has 1 fully saturated rings. The Morgan fingerprint density at radius 2 is 1.81 bits per heavy atom. The van der Waals surface area contributed by atoms with Crippen LogP contribution in [-0.2, 0) is 20.7 Å². The molecule has 2 rings (SSSR count). The van der Waals surface area contributed by atoms with Crippen molar-refractivity contribution in [2.45, 2.75) is 66.8 Å². The number of rotatable bonds is 10. The molecule has 2 heterocycles. The molecule has 1 aromatic rings. The minimum Gasteiger partial charge on any atom is -0.462 e. The van der Waals surface area contributed by atoms with Crippen molar-refractivity contribution in [1.29, 1.82) is 0 Å². The Hall–Kier alpha value is -1.93. The first-order valence-corrected chi connectivity index (χ1v) is 12.6. The highest BCUT2D eigenvalue weighted by Crippen LogP contribution is 2.31. The zero-order valence-electron chi connectivity index (χ0n) is 20.3. The van der Waals surface area contributed by atoms with Crippen LogP contribution in [0.3, 0.4) is 0 Å². The highest BCUT2D eigenvalue weighted by molar-refractivity contribution is 7.15. The van der Waals surface area contributed by atoms with Crippen LogP contribution in [0.1, 0.15) is 70.3 Å². The van der Waals surface area contributed by atoms with E-state index >= 15 is 0 Å². The molecule has 1 aromatic heterocycles. The highest BCUT2D eigenvalue weighted by Gasteiger charge is 2.28. The van der Waals surface area contributed by atoms with Crippen LogP contribution in [-0.4, -0.2) is 55.0 Å². The smallest absolute Gasteiger partial charge is 0.341 e. The second-order valence-corrected chi connectivity index (χ2v) is 10.3. The van der Waals surface area contributed by atoms with Crippen LogP contribution < -0.4 is 10.6 Å². The third-order valence-corrected chi connectivity index (χ3v) is 6.87. The van der Waals surface area contributed by atoms with Crippen molar-refractivity contribution < 1.29 is 19.1 Å². The number of hydrogen-bond donors (Lipinski definition) is 2. The number of nitrogens with one attached hydrogen (secondary N) is 2. The Morgan fingerprint density at radius 3 is 2.38 bits per heavy atom. The van der Waals surface area contributed by atoms with Gasteiger partial charge in [0.1, 0.15) is 5.00 Å². The fourth-order valence-electron chi connectivity index (χ4n) is 3.73. The van der Waals surface area contributed by atoms with Gasteiger partial charge in [0.2, 0.25) is 11.8 Å². The molecule has 1 unspecified atom stereocenters. The molecule has 0 aliphatic carbocycles. The number of nitrogens with zero attached hydrogens (tertiary/aromatic N) is 1. The average molecular weight is 466 g/mol. The molecule has 7 nitrogen and oxygen atoms in total. The first kappa shape index (κ1) is 26.3. The Balaban J connectivity index is 1.91. The SMILES string of the molecule is CCOC(=O)c1c(CC(C)C)csc1NC(=O)CN1CCC(C(=O)NC(C)C(C)C)CC1. The quantitative estimate of drug-likeness (QED) is 0.511. The second-order valence-electron chi connectivity index (χ2n) is 9.42. The lowest BCUT2D eigenvalue weighted by molar-refractivity contribution is -0.127. The summed E-state index contributed by atoms with van der Waals surface area (Å²) in [6, 6.07) is 0.159. The Morgan fingerprint density at radius 1 is 1.16 bits per heavy atom. The largest absolute Gasteiger partial charge is 0.462 e. The van der Waals surface area contributed by atoms with E-state index in [0.29, 0.717) is 42.1 Å². The van der Waals surface area contributed by atoms with Crippen LogP contribution in [0.25, 0.3) is 0 Å². The molecule has 1 aliphatic rings. The molecule has 1 aliphatic heterocycles. The molecule has 0 radical (unpaired) electrons. The summed E-state index contributed by atoms with van der Waals surface area (Å²) in [6.07, 6.45) is 2.25. The summed E-state index contributed by atoms with van der Waals surface area (Å²) in [5, 5.41) is 8.51. The second kappa shape index (κ2) is 12.3. The van der Waals surface area contributed by atoms with Crippen LogP contribution >= 0.6 is 11.3 Å². The average Bonchev–Trinajstić information content (AvgIpc) is 3.09. The molecular formula is C24H39N3O4S. The lowest BCUT2D eigenvalue weighted by atomic mass is 9.95. The van der Waals surface area contributed by atoms with Gasteiger partial charge in [-0.1, -0.05) is 27.7 Å². The predicted octanol–water partition coefficient (Wildman–Crippen LogP) is 3.93. The maximum atomic E-state index is 12.7. The molecule has 2 amide bonds. The molecule has 2 N–H and O–H groups in total. The number of amides is 2. The normalized spacial score (nSPS) is 16.2. The summed E-state index contributed by atoms with van der Waals surface area (Å²) in [7, 11) is 0. The molecule has 0 saturated carbocycles. The maximum Gasteiger partial charge on any atom is 0.341 e. The number of carbonyl (C=O) groups excluding carboxylic acids is 3. The Labute approximate surface area is 196 Å². The van der Waals surface area contributed by atoms with Crippen LogP contribution in [0.15, 0.2) is 5.38 Å². The van der Waals surface area contributed by atoms with Crippen molar-refractivity contribution in [2.75, 3.05) is 31.6 Å². The van der Waals surface area contributed by atoms with E-state index in [1.54, 1.807) is 6.92 Å². The van der Waals surface area contributed by atoms with E-state index in [-0.39, 0.29) is 36.3 Å². The van der Waals surface area contributed by atoms with Crippen molar-refractivity contribution in [1.82, 2.24) is 10.2 Å². The van der Waals surface area contributed by atoms with Gasteiger partial charge in [-0.25, -0.2) is 4.79 Å². The highest BCUT2D eigenvalue weighted by atomic mass is 32.1. The van der Waals surface area contributed by atoms with Gasteiger partial charge in [0.05, 0.1) is 18.7 Å². The molecule has 180 valence electrons. The zero-order valence-corrected chi connectivity index (χ0v) is 21.1. The molecule has 0 spiro atoms. The summed E-state index contributed by atoms with van der Waals surface area (Å²) in [6.45, 7) is 14.1. The van der Waals surface area contributed by atoms with Gasteiger partial charge in [0, 0.05) is 12.0 Å². The topological polar surface area (TPSA) is 87.7 Å². The van der Waals surface area contributed by atoms with Crippen molar-refractivity contribution >= 4 is 34.1 Å². The maximum absolute atomic E-state index is 12.7. The number of piperidine rings is 1. The Kier molecular flexibility index (Phi) is 10.2. The van der Waals surface area contributed by atoms with Crippen LogP contribution in [0, 0.1) is 17.8 Å². The molecule has 0 aromatic carbocycles. The lowest BCUT2D eigenvalue weighted by Gasteiger charge is -2.31. The number of carbonyl (C=O) groups is 3. The van der Waals surface area contributed by atoms with E-state index in [0.717, 1.165) is 24.8 Å². The van der Waals surface area contributed by atoms with E-state index in [2.05, 4.69) is 43.2 Å². The van der Waals surface area contributed by atoms with E-state index in [1.165, 1.54) is 11.3 Å². The standard InChI is InChI=1S/C24H39N3O4S/c1-7-31-24(30)21-19(12-15(2)3)14-32-23(21)26-20(28)13-27-10-8-18(9-11-27)22(29)25-17(6)16(4)5/h14-18H,7-13H2,1-6H3,(H,25,29)(H,26,28). The van der Waals surface area contributed by atoms with Crippen LogP contribution in [0.2, 0.25) is 0 Å². The summed E-state index contributed by atoms with van der Waals surface area (Å²) in [4.78, 5) is 39.7. The number of esters is 1. The summed E-state index contributed by atoms with van der Waals surface area (Å²) in [5.41, 5.74) is 1.40. The van der Waals surface area contributed by atoms with Crippen molar-refractivity contribution in [3.8, 4) is 0 Å². The summed E-state index contributed by atoms with van der Waals surface area (Å²) < 4.78 is 5.23. The van der Waals surface area contributed by atoms with Gasteiger partial charge in [-0.05, 0) is 69.0 Å².